The van der Waals surface area contributed by atoms with Crippen LogP contribution in [0.15, 0.2) is 91.0 Å². The minimum atomic E-state index is -0.440. The zero-order valence-electron chi connectivity index (χ0n) is 21.3. The number of hydrogen-bond acceptors (Lipinski definition) is 3. The van der Waals surface area contributed by atoms with Crippen LogP contribution in [0.1, 0.15) is 56.8 Å². The summed E-state index contributed by atoms with van der Waals surface area (Å²) in [5.74, 6) is -0.983. The van der Waals surface area contributed by atoms with Gasteiger partial charge >= 0.3 is 0 Å². The van der Waals surface area contributed by atoms with Crippen molar-refractivity contribution in [2.45, 2.75) is 32.4 Å². The third kappa shape index (κ3) is 5.30. The van der Waals surface area contributed by atoms with Crippen molar-refractivity contribution in [2.24, 2.45) is 5.73 Å². The molecular formula is C32H30FN3O2. The number of halogens is 1. The van der Waals surface area contributed by atoms with Crippen molar-refractivity contribution in [2.75, 3.05) is 11.4 Å². The van der Waals surface area contributed by atoms with E-state index in [1.54, 1.807) is 31.2 Å². The monoisotopic (exact) mass is 507 g/mol. The van der Waals surface area contributed by atoms with E-state index in [9.17, 15) is 14.0 Å². The van der Waals surface area contributed by atoms with Crippen LogP contribution in [0, 0.1) is 5.82 Å². The Morgan fingerprint density at radius 3 is 2.47 bits per heavy atom. The van der Waals surface area contributed by atoms with Gasteiger partial charge in [-0.15, -0.1) is 0 Å². The Kier molecular flexibility index (Phi) is 7.22. The van der Waals surface area contributed by atoms with Crippen molar-refractivity contribution < 1.29 is 14.0 Å². The summed E-state index contributed by atoms with van der Waals surface area (Å²) in [6.07, 6.45) is 1.90. The highest BCUT2D eigenvalue weighted by molar-refractivity contribution is 5.99. The second kappa shape index (κ2) is 10.9. The van der Waals surface area contributed by atoms with E-state index in [4.69, 9.17) is 5.73 Å². The summed E-state index contributed by atoms with van der Waals surface area (Å²) in [4.78, 5) is 27.1. The summed E-state index contributed by atoms with van der Waals surface area (Å²) in [6, 6.07) is 27.4. The SMILES string of the molecule is C[C@H](NC(=O)c1ccc2c(c1)CCCN2Cc1ccc(-c2ccccc2C(N)=O)cc1)c1ccccc1F. The Bertz CT molecular complexity index is 1480. The number of carbonyl (C=O) groups is 2. The number of fused-ring (bicyclic) bond motifs is 1. The van der Waals surface area contributed by atoms with Crippen LogP contribution >= 0.6 is 0 Å². The number of amides is 2. The van der Waals surface area contributed by atoms with Crippen LogP contribution in [0.3, 0.4) is 0 Å². The highest BCUT2D eigenvalue weighted by Gasteiger charge is 2.20. The first-order valence-corrected chi connectivity index (χ1v) is 12.8. The molecule has 5 nitrogen and oxygen atoms in total. The normalized spacial score (nSPS) is 13.5. The quantitative estimate of drug-likeness (QED) is 0.320. The van der Waals surface area contributed by atoms with E-state index in [1.807, 2.05) is 48.5 Å². The molecule has 0 saturated carbocycles. The maximum atomic E-state index is 14.1. The molecule has 0 radical (unpaired) electrons. The van der Waals surface area contributed by atoms with E-state index in [0.717, 1.165) is 53.9 Å². The van der Waals surface area contributed by atoms with E-state index < -0.39 is 11.9 Å². The summed E-state index contributed by atoms with van der Waals surface area (Å²) in [5, 5.41) is 2.92. The topological polar surface area (TPSA) is 75.4 Å². The van der Waals surface area contributed by atoms with Gasteiger partial charge in [0.25, 0.3) is 5.91 Å². The summed E-state index contributed by atoms with van der Waals surface area (Å²) in [6.45, 7) is 3.45. The highest BCUT2D eigenvalue weighted by atomic mass is 19.1. The smallest absolute Gasteiger partial charge is 0.251 e. The molecule has 0 aromatic heterocycles. The van der Waals surface area contributed by atoms with Crippen molar-refractivity contribution in [3.63, 3.8) is 0 Å². The van der Waals surface area contributed by atoms with Gasteiger partial charge in [0.05, 0.1) is 6.04 Å². The minimum absolute atomic E-state index is 0.215. The van der Waals surface area contributed by atoms with Crippen LogP contribution in [0.4, 0.5) is 10.1 Å². The van der Waals surface area contributed by atoms with Crippen LogP contribution < -0.4 is 16.0 Å². The lowest BCUT2D eigenvalue weighted by Gasteiger charge is -2.32. The van der Waals surface area contributed by atoms with E-state index in [-0.39, 0.29) is 11.7 Å². The van der Waals surface area contributed by atoms with Gasteiger partial charge in [-0.2, -0.15) is 0 Å². The standard InChI is InChI=1S/C32H30FN3O2/c1-21(26-8-4-5-11-29(26)33)35-32(38)25-16-17-30-24(19-25)7-6-18-36(30)20-22-12-14-23(15-13-22)27-9-2-3-10-28(27)31(34)37/h2-5,8-17,19,21H,6-7,18,20H2,1H3,(H2,34,37)(H,35,38)/t21-/m0/s1. The Morgan fingerprint density at radius 2 is 1.71 bits per heavy atom. The van der Waals surface area contributed by atoms with Gasteiger partial charge in [-0.05, 0) is 72.4 Å². The molecule has 0 bridgehead atoms. The number of rotatable bonds is 7. The van der Waals surface area contributed by atoms with Gasteiger partial charge in [0.1, 0.15) is 5.82 Å². The third-order valence-electron chi connectivity index (χ3n) is 7.11. The second-order valence-electron chi connectivity index (χ2n) is 9.69. The van der Waals surface area contributed by atoms with Crippen molar-refractivity contribution >= 4 is 17.5 Å². The fourth-order valence-corrected chi connectivity index (χ4v) is 5.12. The molecule has 1 aliphatic heterocycles. The molecule has 0 spiro atoms. The van der Waals surface area contributed by atoms with Gasteiger partial charge < -0.3 is 16.0 Å². The molecule has 2 amide bonds. The molecule has 0 aliphatic carbocycles. The molecule has 1 aliphatic rings. The third-order valence-corrected chi connectivity index (χ3v) is 7.11. The van der Waals surface area contributed by atoms with E-state index >= 15 is 0 Å². The number of nitrogens with two attached hydrogens (primary N) is 1. The van der Waals surface area contributed by atoms with Gasteiger partial charge in [0.2, 0.25) is 5.91 Å². The van der Waals surface area contributed by atoms with Crippen molar-refractivity contribution in [3.05, 3.63) is 125 Å². The number of nitrogens with one attached hydrogen (secondary N) is 1. The fourth-order valence-electron chi connectivity index (χ4n) is 5.12. The largest absolute Gasteiger partial charge is 0.367 e. The molecule has 4 aromatic carbocycles. The molecule has 1 atom stereocenters. The van der Waals surface area contributed by atoms with Crippen LogP contribution in [0.25, 0.3) is 11.1 Å². The van der Waals surface area contributed by atoms with Crippen LogP contribution in [0.2, 0.25) is 0 Å². The van der Waals surface area contributed by atoms with Gasteiger partial charge in [-0.25, -0.2) is 4.39 Å². The van der Waals surface area contributed by atoms with Crippen molar-refractivity contribution in [3.8, 4) is 11.1 Å². The Morgan fingerprint density at radius 1 is 0.974 bits per heavy atom. The van der Waals surface area contributed by atoms with Crippen LogP contribution in [-0.2, 0) is 13.0 Å². The highest BCUT2D eigenvalue weighted by Crippen LogP contribution is 2.31. The molecule has 4 aromatic rings. The number of carbonyl (C=O) groups excluding carboxylic acids is 2. The Labute approximate surface area is 222 Å². The number of primary amides is 1. The zero-order valence-corrected chi connectivity index (χ0v) is 21.3. The number of aryl methyl sites for hydroxylation is 1. The van der Waals surface area contributed by atoms with Crippen LogP contribution in [-0.4, -0.2) is 18.4 Å². The molecule has 0 saturated heterocycles. The number of benzene rings is 4. The molecule has 0 fully saturated rings. The average molecular weight is 508 g/mol. The Balaban J connectivity index is 1.30. The molecule has 6 heteroatoms. The average Bonchev–Trinajstić information content (AvgIpc) is 2.93. The minimum Gasteiger partial charge on any atom is -0.367 e. The lowest BCUT2D eigenvalue weighted by molar-refractivity contribution is 0.0938. The maximum absolute atomic E-state index is 14.1. The number of anilines is 1. The summed E-state index contributed by atoms with van der Waals surface area (Å²) >= 11 is 0. The van der Waals surface area contributed by atoms with Crippen molar-refractivity contribution in [1.29, 1.82) is 0 Å². The fraction of sp³-hybridized carbons (Fsp3) is 0.188. The summed E-state index contributed by atoms with van der Waals surface area (Å²) < 4.78 is 14.1. The first-order chi connectivity index (χ1) is 18.4. The second-order valence-corrected chi connectivity index (χ2v) is 9.69. The molecule has 5 rings (SSSR count). The van der Waals surface area contributed by atoms with Gasteiger partial charge in [0.15, 0.2) is 0 Å². The summed E-state index contributed by atoms with van der Waals surface area (Å²) in [5.41, 5.74) is 12.3. The zero-order chi connectivity index (χ0) is 26.6. The lowest BCUT2D eigenvalue weighted by atomic mass is 9.96. The maximum Gasteiger partial charge on any atom is 0.251 e. The Hall–Kier alpha value is -4.45. The summed E-state index contributed by atoms with van der Waals surface area (Å²) in [7, 11) is 0. The molecule has 38 heavy (non-hydrogen) atoms. The van der Waals surface area contributed by atoms with E-state index in [2.05, 4.69) is 22.3 Å². The lowest BCUT2D eigenvalue weighted by Crippen LogP contribution is -2.30. The predicted molar refractivity (Wildman–Crippen MR) is 148 cm³/mol. The molecule has 3 N–H and O–H groups in total. The first-order valence-electron chi connectivity index (χ1n) is 12.8. The first kappa shape index (κ1) is 25.2. The van der Waals surface area contributed by atoms with Crippen LogP contribution in [0.5, 0.6) is 0 Å². The number of hydrogen-bond donors (Lipinski definition) is 2. The van der Waals surface area contributed by atoms with Gasteiger partial charge in [0, 0.05) is 35.5 Å². The molecular weight excluding hydrogens is 477 g/mol. The molecule has 0 unspecified atom stereocenters. The van der Waals surface area contributed by atoms with Gasteiger partial charge in [-0.3, -0.25) is 9.59 Å². The van der Waals surface area contributed by atoms with E-state index in [1.165, 1.54) is 6.07 Å². The van der Waals surface area contributed by atoms with Gasteiger partial charge in [-0.1, -0.05) is 60.7 Å². The molecule has 192 valence electrons. The van der Waals surface area contributed by atoms with Crippen molar-refractivity contribution in [1.82, 2.24) is 5.32 Å². The number of nitrogens with zero attached hydrogens (tertiary/aromatic N) is 1. The van der Waals surface area contributed by atoms with E-state index in [0.29, 0.717) is 16.7 Å². The predicted octanol–water partition coefficient (Wildman–Crippen LogP) is 6.04. The molecule has 1 heterocycles.